The van der Waals surface area contributed by atoms with Gasteiger partial charge in [0.1, 0.15) is 5.41 Å². The van der Waals surface area contributed by atoms with Crippen LogP contribution in [0.5, 0.6) is 0 Å². The highest BCUT2D eigenvalue weighted by atomic mass is 35.5. The highest BCUT2D eigenvalue weighted by molar-refractivity contribution is 6.31. The number of carbonyl (C=O) groups excluding carboxylic acids is 2. The second kappa shape index (κ2) is 7.51. The van der Waals surface area contributed by atoms with E-state index in [9.17, 15) is 9.59 Å². The number of carbonyl (C=O) groups is 2. The fourth-order valence-corrected chi connectivity index (χ4v) is 5.28. The Morgan fingerprint density at radius 1 is 1.17 bits per heavy atom. The molecule has 0 unspecified atom stereocenters. The lowest BCUT2D eigenvalue weighted by Gasteiger charge is -2.47. The summed E-state index contributed by atoms with van der Waals surface area (Å²) in [6.45, 7) is 3.98. The van der Waals surface area contributed by atoms with Gasteiger partial charge in [0.25, 0.3) is 0 Å². The minimum atomic E-state index is -0.976. The molecule has 0 aromatic heterocycles. The van der Waals surface area contributed by atoms with E-state index in [1.54, 1.807) is 18.2 Å². The molecule has 2 heterocycles. The van der Waals surface area contributed by atoms with Gasteiger partial charge in [-0.25, -0.2) is 0 Å². The van der Waals surface area contributed by atoms with E-state index in [0.717, 1.165) is 23.1 Å². The van der Waals surface area contributed by atoms with Crippen molar-refractivity contribution in [3.63, 3.8) is 0 Å². The minimum Gasteiger partial charge on any atom is -0.348 e. The van der Waals surface area contributed by atoms with Crippen molar-refractivity contribution in [3.8, 4) is 0 Å². The molecular weight excluding hydrogens is 407 g/mol. The molecule has 0 saturated carbocycles. The van der Waals surface area contributed by atoms with Gasteiger partial charge in [-0.15, -0.1) is 0 Å². The van der Waals surface area contributed by atoms with Gasteiger partial charge in [-0.1, -0.05) is 60.0 Å². The lowest BCUT2D eigenvalue weighted by Crippen LogP contribution is -2.62. The molecule has 2 aromatic rings. The van der Waals surface area contributed by atoms with Gasteiger partial charge < -0.3 is 10.6 Å². The maximum atomic E-state index is 13.7. The van der Waals surface area contributed by atoms with Crippen molar-refractivity contribution >= 4 is 40.7 Å². The monoisotopic (exact) mass is 428 g/mol. The number of fused-ring (bicyclic) bond motifs is 2. The first-order valence-electron chi connectivity index (χ1n) is 9.73. The van der Waals surface area contributed by atoms with Gasteiger partial charge in [0, 0.05) is 28.1 Å². The molecule has 0 bridgehead atoms. The maximum absolute atomic E-state index is 13.7. The van der Waals surface area contributed by atoms with E-state index in [-0.39, 0.29) is 24.2 Å². The van der Waals surface area contributed by atoms with Gasteiger partial charge in [-0.05, 0) is 48.7 Å². The molecule has 4 nitrogen and oxygen atoms in total. The third-order valence-corrected chi connectivity index (χ3v) is 6.62. The fourth-order valence-electron chi connectivity index (χ4n) is 4.91. The van der Waals surface area contributed by atoms with Gasteiger partial charge >= 0.3 is 0 Å². The quantitative estimate of drug-likeness (QED) is 0.658. The first-order valence-corrected chi connectivity index (χ1v) is 10.5. The first kappa shape index (κ1) is 20.0. The molecule has 2 aromatic carbocycles. The number of nitrogens with one attached hydrogen (secondary N) is 2. The van der Waals surface area contributed by atoms with E-state index in [0.29, 0.717) is 15.7 Å². The van der Waals surface area contributed by atoms with Crippen LogP contribution in [0, 0.1) is 0 Å². The van der Waals surface area contributed by atoms with Gasteiger partial charge in [-0.3, -0.25) is 9.59 Å². The molecule has 2 N–H and O–H groups in total. The molecule has 0 radical (unpaired) electrons. The van der Waals surface area contributed by atoms with Crippen LogP contribution >= 0.6 is 23.2 Å². The summed E-state index contributed by atoms with van der Waals surface area (Å²) in [7, 11) is 0. The molecule has 2 amide bonds. The molecule has 2 aliphatic rings. The molecule has 6 heteroatoms. The van der Waals surface area contributed by atoms with E-state index >= 15 is 0 Å². The summed E-state index contributed by atoms with van der Waals surface area (Å²) in [4.78, 5) is 26.4. The van der Waals surface area contributed by atoms with Crippen molar-refractivity contribution in [1.82, 2.24) is 5.32 Å². The second-order valence-corrected chi connectivity index (χ2v) is 8.42. The van der Waals surface area contributed by atoms with Crippen LogP contribution in [0.4, 0.5) is 5.69 Å². The highest BCUT2D eigenvalue weighted by Crippen LogP contribution is 2.54. The van der Waals surface area contributed by atoms with Gasteiger partial charge in [0.05, 0.1) is 6.04 Å². The first-order chi connectivity index (χ1) is 13.9. The summed E-state index contributed by atoms with van der Waals surface area (Å²) in [5.74, 6) is -0.560. The number of hydrogen-bond acceptors (Lipinski definition) is 2. The molecule has 1 spiro atoms. The van der Waals surface area contributed by atoms with E-state index in [1.165, 1.54) is 0 Å². The molecule has 2 aliphatic heterocycles. The number of benzene rings is 2. The zero-order chi connectivity index (χ0) is 20.8. The van der Waals surface area contributed by atoms with E-state index < -0.39 is 11.5 Å². The highest BCUT2D eigenvalue weighted by Gasteiger charge is 2.61. The largest absolute Gasteiger partial charge is 0.348 e. The second-order valence-electron chi connectivity index (χ2n) is 7.54. The normalized spacial score (nSPS) is 26.3. The Morgan fingerprint density at radius 2 is 1.93 bits per heavy atom. The van der Waals surface area contributed by atoms with Crippen molar-refractivity contribution in [3.05, 3.63) is 75.3 Å². The minimum absolute atomic E-state index is 0.0754. The number of allylic oxidation sites excluding steroid dienone is 1. The summed E-state index contributed by atoms with van der Waals surface area (Å²) < 4.78 is 0. The lowest BCUT2D eigenvalue weighted by atomic mass is 9.59. The number of amides is 2. The zero-order valence-electron chi connectivity index (χ0n) is 16.3. The summed E-state index contributed by atoms with van der Waals surface area (Å²) in [5, 5.41) is 7.28. The van der Waals surface area contributed by atoms with E-state index in [4.69, 9.17) is 23.2 Å². The summed E-state index contributed by atoms with van der Waals surface area (Å²) >= 11 is 12.5. The topological polar surface area (TPSA) is 58.2 Å². The van der Waals surface area contributed by atoms with E-state index in [1.807, 2.05) is 44.2 Å². The third-order valence-electron chi connectivity index (χ3n) is 6.15. The average molecular weight is 429 g/mol. The Balaban J connectivity index is 2.02. The molecule has 4 rings (SSSR count). The number of piperidine rings is 1. The molecule has 150 valence electrons. The summed E-state index contributed by atoms with van der Waals surface area (Å²) in [6.07, 6.45) is 2.92. The van der Waals surface area contributed by atoms with Crippen LogP contribution in [-0.4, -0.2) is 17.9 Å². The van der Waals surface area contributed by atoms with Crippen molar-refractivity contribution in [2.45, 2.75) is 44.1 Å². The molecule has 3 atom stereocenters. The molecule has 1 fully saturated rings. The van der Waals surface area contributed by atoms with Crippen LogP contribution in [-0.2, 0) is 15.0 Å². The molecular formula is C23H22Cl2N2O2. The van der Waals surface area contributed by atoms with Crippen LogP contribution in [0.15, 0.2) is 54.1 Å². The average Bonchev–Trinajstić information content (AvgIpc) is 2.96. The smallest absolute Gasteiger partial charge is 0.238 e. The molecule has 1 saturated heterocycles. The van der Waals surface area contributed by atoms with Crippen molar-refractivity contribution in [2.24, 2.45) is 0 Å². The van der Waals surface area contributed by atoms with Crippen molar-refractivity contribution in [1.29, 1.82) is 0 Å². The SMILES string of the molecule is CC=C(CC)[C@@H]1NC(=O)C[C@H](c2cccc(Cl)c2)[C@@]12C(=O)Nc1cc(Cl)ccc12. The Labute approximate surface area is 180 Å². The zero-order valence-corrected chi connectivity index (χ0v) is 17.8. The molecule has 0 aliphatic carbocycles. The Kier molecular flexibility index (Phi) is 5.18. The third kappa shape index (κ3) is 3.06. The number of anilines is 1. The van der Waals surface area contributed by atoms with Gasteiger partial charge in [0.2, 0.25) is 11.8 Å². The Hall–Kier alpha value is -2.30. The fraction of sp³-hybridized carbons (Fsp3) is 0.304. The summed E-state index contributed by atoms with van der Waals surface area (Å²) in [5.41, 5.74) is 2.47. The Bertz CT molecular complexity index is 1030. The number of halogens is 2. The van der Waals surface area contributed by atoms with Gasteiger partial charge in [0.15, 0.2) is 0 Å². The summed E-state index contributed by atoms with van der Waals surface area (Å²) in [6, 6.07) is 12.5. The van der Waals surface area contributed by atoms with Crippen LogP contribution in [0.1, 0.15) is 43.7 Å². The maximum Gasteiger partial charge on any atom is 0.238 e. The van der Waals surface area contributed by atoms with Crippen molar-refractivity contribution < 1.29 is 9.59 Å². The van der Waals surface area contributed by atoms with Crippen LogP contribution in [0.3, 0.4) is 0 Å². The van der Waals surface area contributed by atoms with Crippen LogP contribution in [0.25, 0.3) is 0 Å². The molecule has 29 heavy (non-hydrogen) atoms. The van der Waals surface area contributed by atoms with Crippen LogP contribution < -0.4 is 10.6 Å². The van der Waals surface area contributed by atoms with Crippen LogP contribution in [0.2, 0.25) is 10.0 Å². The van der Waals surface area contributed by atoms with Crippen molar-refractivity contribution in [2.75, 3.05) is 5.32 Å². The number of hydrogen-bond donors (Lipinski definition) is 2. The lowest BCUT2D eigenvalue weighted by molar-refractivity contribution is -0.130. The predicted octanol–water partition coefficient (Wildman–Crippen LogP) is 5.21. The van der Waals surface area contributed by atoms with Gasteiger partial charge in [-0.2, -0.15) is 0 Å². The van der Waals surface area contributed by atoms with E-state index in [2.05, 4.69) is 10.6 Å². The standard InChI is InChI=1S/C23H22Cl2N2O2/c1-3-13(4-2)21-23(17-9-8-16(25)11-19(17)26-22(23)29)18(12-20(28)27-21)14-6-5-7-15(24)10-14/h3,5-11,18,21H,4,12H2,1-2H3,(H,26,29)(H,27,28)/t18-,21+,23-/m1/s1. The predicted molar refractivity (Wildman–Crippen MR) is 117 cm³/mol. The number of rotatable bonds is 3. The Morgan fingerprint density at radius 3 is 2.62 bits per heavy atom.